The van der Waals surface area contributed by atoms with Crippen LogP contribution in [0, 0.1) is 5.92 Å². The predicted octanol–water partition coefficient (Wildman–Crippen LogP) is 6.36. The summed E-state index contributed by atoms with van der Waals surface area (Å²) in [4.78, 5) is 20.5. The first-order valence-corrected chi connectivity index (χ1v) is 10.8. The molecule has 0 atom stereocenters. The number of aromatic nitrogens is 4. The van der Waals surface area contributed by atoms with Gasteiger partial charge in [0.25, 0.3) is 0 Å². The molecule has 0 amide bonds. The fraction of sp³-hybridized carbons (Fsp3) is 0.333. The Morgan fingerprint density at radius 2 is 1.64 bits per heavy atom. The highest BCUT2D eigenvalue weighted by Crippen LogP contribution is 2.38. The Bertz CT molecular complexity index is 1190. The van der Waals surface area contributed by atoms with Crippen LogP contribution in [0.2, 0.25) is 0 Å². The van der Waals surface area contributed by atoms with Gasteiger partial charge in [0.15, 0.2) is 5.82 Å². The van der Waals surface area contributed by atoms with Gasteiger partial charge in [0.1, 0.15) is 6.33 Å². The summed E-state index contributed by atoms with van der Waals surface area (Å²) in [5.74, 6) is -0.635. The van der Waals surface area contributed by atoms with Gasteiger partial charge in [-0.25, -0.2) is 14.5 Å². The minimum Gasteiger partial charge on any atom is -0.462 e. The van der Waals surface area contributed by atoms with E-state index >= 15 is 0 Å². The third-order valence-electron chi connectivity index (χ3n) is 4.99. The quantitative estimate of drug-likeness (QED) is 0.152. The van der Waals surface area contributed by atoms with Gasteiger partial charge in [0, 0.05) is 24.2 Å². The van der Waals surface area contributed by atoms with Crippen LogP contribution in [0.25, 0.3) is 23.2 Å². The van der Waals surface area contributed by atoms with Gasteiger partial charge in [0.05, 0.1) is 23.3 Å². The molecule has 6 nitrogen and oxygen atoms in total. The summed E-state index contributed by atoms with van der Waals surface area (Å²) in [5.41, 5.74) is -2.97. The summed E-state index contributed by atoms with van der Waals surface area (Å²) in [6.07, 6.45) is -3.32. The predicted molar refractivity (Wildman–Crippen MR) is 119 cm³/mol. The van der Waals surface area contributed by atoms with E-state index < -0.39 is 35.0 Å². The minimum atomic E-state index is -5.01. The van der Waals surface area contributed by atoms with Crippen LogP contribution in [0.15, 0.2) is 49.1 Å². The Kier molecular flexibility index (Phi) is 8.16. The summed E-state index contributed by atoms with van der Waals surface area (Å²) in [7, 11) is 0. The van der Waals surface area contributed by atoms with Gasteiger partial charge in [0.2, 0.25) is 0 Å². The van der Waals surface area contributed by atoms with Gasteiger partial charge < -0.3 is 4.74 Å². The summed E-state index contributed by atoms with van der Waals surface area (Å²) in [6, 6.07) is 4.18. The Morgan fingerprint density at radius 3 is 2.19 bits per heavy atom. The van der Waals surface area contributed by atoms with Gasteiger partial charge in [-0.1, -0.05) is 13.8 Å². The molecule has 0 unspecified atom stereocenters. The second-order valence-electron chi connectivity index (χ2n) is 8.29. The van der Waals surface area contributed by atoms with E-state index in [9.17, 15) is 31.1 Å². The first kappa shape index (κ1) is 26.9. The van der Waals surface area contributed by atoms with Crippen molar-refractivity contribution < 1.29 is 35.9 Å². The third-order valence-corrected chi connectivity index (χ3v) is 4.99. The number of carbonyl (C=O) groups excluding carboxylic acids is 1. The van der Waals surface area contributed by atoms with Crippen LogP contribution in [0.1, 0.15) is 43.4 Å². The van der Waals surface area contributed by atoms with Crippen LogP contribution in [-0.2, 0) is 21.9 Å². The Hall–Kier alpha value is -3.70. The summed E-state index contributed by atoms with van der Waals surface area (Å²) in [6.45, 7) is 4.25. The van der Waals surface area contributed by atoms with Crippen molar-refractivity contribution in [2.45, 2.75) is 39.0 Å². The molecule has 12 heteroatoms. The third kappa shape index (κ3) is 7.15. The van der Waals surface area contributed by atoms with Gasteiger partial charge in [-0.15, -0.1) is 5.10 Å². The maximum absolute atomic E-state index is 13.2. The van der Waals surface area contributed by atoms with Crippen molar-refractivity contribution in [1.82, 2.24) is 19.7 Å². The van der Waals surface area contributed by atoms with Crippen molar-refractivity contribution in [2.75, 3.05) is 6.61 Å². The number of benzene rings is 1. The molecule has 0 spiro atoms. The zero-order valence-electron chi connectivity index (χ0n) is 19.3. The van der Waals surface area contributed by atoms with Crippen molar-refractivity contribution in [2.24, 2.45) is 5.92 Å². The molecule has 3 rings (SSSR count). The highest BCUT2D eigenvalue weighted by molar-refractivity contribution is 6.20. The topological polar surface area (TPSA) is 69.9 Å². The molecular formula is C24H22F6N4O2. The first-order valence-electron chi connectivity index (χ1n) is 10.8. The van der Waals surface area contributed by atoms with Crippen molar-refractivity contribution in [3.63, 3.8) is 0 Å². The number of halogens is 6. The van der Waals surface area contributed by atoms with Crippen LogP contribution in [0.5, 0.6) is 0 Å². The molecular weight excluding hydrogens is 490 g/mol. The monoisotopic (exact) mass is 512 g/mol. The lowest BCUT2D eigenvalue weighted by Crippen LogP contribution is -2.11. The molecule has 0 aliphatic heterocycles. The van der Waals surface area contributed by atoms with E-state index in [1.165, 1.54) is 18.6 Å². The molecule has 0 fully saturated rings. The number of rotatable bonds is 8. The summed E-state index contributed by atoms with van der Waals surface area (Å²) in [5, 5.41) is 3.97. The van der Waals surface area contributed by atoms with Gasteiger partial charge in [-0.3, -0.25) is 4.98 Å². The fourth-order valence-corrected chi connectivity index (χ4v) is 3.20. The molecule has 36 heavy (non-hydrogen) atoms. The fourth-order valence-electron chi connectivity index (χ4n) is 3.20. The molecule has 1 aromatic carbocycles. The molecule has 2 heterocycles. The average Bonchev–Trinajstić information content (AvgIpc) is 3.28. The van der Waals surface area contributed by atoms with Crippen molar-refractivity contribution in [3.05, 3.63) is 65.7 Å². The zero-order valence-corrected chi connectivity index (χ0v) is 19.3. The number of nitrogens with zero attached hydrogens (tertiary/aromatic N) is 4. The molecule has 2 aromatic heterocycles. The molecule has 0 saturated carbocycles. The largest absolute Gasteiger partial charge is 0.462 e. The standard InChI is InChI=1S/C24H22F6N4O2/c1-15(2)4-3-9-36-22(35)20(16-5-7-31-8-6-16)13-34-14-32-21(33-34)17-10-18(23(25,26)27)12-19(11-17)24(28,29)30/h5-8,10-15H,3-4,9H2,1-2H3/b20-13+. The number of pyridine rings is 1. The normalized spacial score (nSPS) is 12.8. The number of hydrogen-bond donors (Lipinski definition) is 0. The highest BCUT2D eigenvalue weighted by atomic mass is 19.4. The average molecular weight is 512 g/mol. The Balaban J connectivity index is 1.96. The van der Waals surface area contributed by atoms with E-state index in [1.807, 2.05) is 13.8 Å². The lowest BCUT2D eigenvalue weighted by Gasteiger charge is -2.13. The number of alkyl halides is 6. The molecule has 0 saturated heterocycles. The molecule has 0 bridgehead atoms. The molecule has 0 aliphatic carbocycles. The SMILES string of the molecule is CC(C)CCCOC(=O)/C(=C/n1cnc(-c2cc(C(F)(F)F)cc(C(F)(F)F)c2)n1)c1ccncc1. The van der Waals surface area contributed by atoms with E-state index in [1.54, 1.807) is 12.1 Å². The molecule has 0 aliphatic rings. The molecule has 3 aromatic rings. The maximum atomic E-state index is 13.2. The van der Waals surface area contributed by atoms with Crippen LogP contribution >= 0.6 is 0 Å². The lowest BCUT2D eigenvalue weighted by molar-refractivity contribution is -0.143. The molecule has 192 valence electrons. The van der Waals surface area contributed by atoms with Crippen molar-refractivity contribution >= 4 is 17.7 Å². The van der Waals surface area contributed by atoms with Crippen molar-refractivity contribution in [3.8, 4) is 11.4 Å². The number of carbonyl (C=O) groups is 1. The second-order valence-corrected chi connectivity index (χ2v) is 8.29. The lowest BCUT2D eigenvalue weighted by atomic mass is 10.0. The minimum absolute atomic E-state index is 0.0250. The van der Waals surface area contributed by atoms with E-state index in [0.29, 0.717) is 30.0 Å². The van der Waals surface area contributed by atoms with Crippen LogP contribution in [0.4, 0.5) is 26.3 Å². The van der Waals surface area contributed by atoms with Crippen molar-refractivity contribution in [1.29, 1.82) is 0 Å². The van der Waals surface area contributed by atoms with Gasteiger partial charge in [-0.05, 0) is 54.7 Å². The van der Waals surface area contributed by atoms with E-state index in [2.05, 4.69) is 15.1 Å². The summed E-state index contributed by atoms with van der Waals surface area (Å²) >= 11 is 0. The smallest absolute Gasteiger partial charge is 0.416 e. The van der Waals surface area contributed by atoms with Gasteiger partial charge >= 0.3 is 18.3 Å². The highest BCUT2D eigenvalue weighted by Gasteiger charge is 2.37. The van der Waals surface area contributed by atoms with Crippen LogP contribution in [-0.4, -0.2) is 32.3 Å². The van der Waals surface area contributed by atoms with Crippen LogP contribution in [0.3, 0.4) is 0 Å². The number of esters is 1. The van der Waals surface area contributed by atoms with E-state index in [-0.39, 0.29) is 24.1 Å². The van der Waals surface area contributed by atoms with E-state index in [0.717, 1.165) is 17.4 Å². The second kappa shape index (κ2) is 10.9. The number of ether oxygens (including phenoxy) is 1. The van der Waals surface area contributed by atoms with Crippen LogP contribution < -0.4 is 0 Å². The zero-order chi connectivity index (χ0) is 26.5. The van der Waals surface area contributed by atoms with Gasteiger partial charge in [-0.2, -0.15) is 26.3 Å². The summed E-state index contributed by atoms with van der Waals surface area (Å²) < 4.78 is 85.5. The molecule has 0 N–H and O–H groups in total. The molecule has 0 radical (unpaired) electrons. The first-order chi connectivity index (χ1) is 16.8. The Morgan fingerprint density at radius 1 is 1.03 bits per heavy atom. The Labute approximate surface area is 202 Å². The van der Waals surface area contributed by atoms with E-state index in [4.69, 9.17) is 4.74 Å². The maximum Gasteiger partial charge on any atom is 0.416 e. The number of hydrogen-bond acceptors (Lipinski definition) is 5.